The minimum atomic E-state index is -2.51. The Labute approximate surface area is 644 Å². The lowest BCUT2D eigenvalue weighted by Gasteiger charge is -2.31. The van der Waals surface area contributed by atoms with Gasteiger partial charge in [0.2, 0.25) is 0 Å². The van der Waals surface area contributed by atoms with Crippen LogP contribution in [0.3, 0.4) is 0 Å². The summed E-state index contributed by atoms with van der Waals surface area (Å²) in [6.07, 6.45) is 0. The molecular formula is C104H72N4Si2. The highest BCUT2D eigenvalue weighted by Gasteiger charge is 2.50. The SMILES string of the molecule is c1ccc(-c2cc(-c3cccc(-c4cccc(-c5ccc6c(c5)-c5ccccc5[Si]6(c5ccccc5)c5ccccc5)c4)c3)nc(-c3ccccc3)n2)cc1.c1ccc(-c2cc(-c3ccccc3)nc(-c3ccc(-c4ccc(-c5ccc6c(c5)-c5ccccc5[Si]6(c5ccccc5)c5ccccc5)cc4)cc3)n2)cc1. The lowest BCUT2D eigenvalue weighted by atomic mass is 9.95. The van der Waals surface area contributed by atoms with Crippen molar-refractivity contribution in [1.29, 1.82) is 0 Å². The zero-order valence-corrected chi connectivity index (χ0v) is 62.4. The van der Waals surface area contributed by atoms with Crippen molar-refractivity contribution in [2.24, 2.45) is 0 Å². The summed E-state index contributed by atoms with van der Waals surface area (Å²) in [5.41, 5.74) is 24.7. The van der Waals surface area contributed by atoms with Crippen molar-refractivity contribution < 1.29 is 0 Å². The highest BCUT2D eigenvalue weighted by molar-refractivity contribution is 7.23. The van der Waals surface area contributed by atoms with Crippen LogP contribution in [0, 0.1) is 0 Å². The molecule has 4 nitrogen and oxygen atoms in total. The quantitative estimate of drug-likeness (QED) is 0.102. The van der Waals surface area contributed by atoms with Gasteiger partial charge in [-0.3, -0.25) is 0 Å². The summed E-state index contributed by atoms with van der Waals surface area (Å²) < 4.78 is 0. The lowest BCUT2D eigenvalue weighted by Crippen LogP contribution is -2.72. The number of benzene rings is 16. The number of hydrogen-bond acceptors (Lipinski definition) is 4. The van der Waals surface area contributed by atoms with Crippen LogP contribution in [0.5, 0.6) is 0 Å². The molecule has 110 heavy (non-hydrogen) atoms. The number of hydrogen-bond donors (Lipinski definition) is 0. The van der Waals surface area contributed by atoms with Gasteiger partial charge in [-0.1, -0.05) is 400 Å². The molecule has 516 valence electrons. The van der Waals surface area contributed by atoms with Gasteiger partial charge in [-0.05, 0) is 145 Å². The molecule has 6 heteroatoms. The summed E-state index contributed by atoms with van der Waals surface area (Å²) in [7, 11) is -5.00. The molecule has 0 atom stereocenters. The van der Waals surface area contributed by atoms with E-state index in [9.17, 15) is 0 Å². The van der Waals surface area contributed by atoms with Crippen molar-refractivity contribution in [2.75, 3.05) is 0 Å². The average Bonchev–Trinajstić information content (AvgIpc) is 1.54. The van der Waals surface area contributed by atoms with Crippen molar-refractivity contribution in [1.82, 2.24) is 19.9 Å². The second-order valence-corrected chi connectivity index (χ2v) is 35.7. The third-order valence-corrected chi connectivity index (χ3v) is 31.8. The largest absolute Gasteiger partial charge is 0.228 e. The first-order chi connectivity index (χ1) is 54.5. The Morgan fingerprint density at radius 3 is 0.727 bits per heavy atom. The molecule has 0 radical (unpaired) electrons. The van der Waals surface area contributed by atoms with E-state index in [0.29, 0.717) is 11.6 Å². The third-order valence-electron chi connectivity index (χ3n) is 22.0. The van der Waals surface area contributed by atoms with Gasteiger partial charge in [0.15, 0.2) is 27.8 Å². The predicted molar refractivity (Wildman–Crippen MR) is 464 cm³/mol. The van der Waals surface area contributed by atoms with Crippen molar-refractivity contribution in [2.45, 2.75) is 0 Å². The molecule has 0 N–H and O–H groups in total. The molecule has 0 saturated heterocycles. The Kier molecular flexibility index (Phi) is 17.7. The van der Waals surface area contributed by atoms with E-state index in [1.54, 1.807) is 0 Å². The smallest absolute Gasteiger partial charge is 0.180 e. The molecule has 2 aromatic heterocycles. The van der Waals surface area contributed by atoms with Gasteiger partial charge in [-0.15, -0.1) is 0 Å². The molecule has 0 bridgehead atoms. The second kappa shape index (κ2) is 29.1. The predicted octanol–water partition coefficient (Wildman–Crippen LogP) is 20.3. The van der Waals surface area contributed by atoms with Crippen LogP contribution in [0.4, 0.5) is 0 Å². The Hall–Kier alpha value is -13.9. The molecule has 0 unspecified atom stereocenters. The molecule has 0 saturated carbocycles. The molecule has 2 aliphatic rings. The Bertz CT molecular complexity index is 6150. The van der Waals surface area contributed by atoms with Crippen molar-refractivity contribution in [3.63, 3.8) is 0 Å². The first-order valence-electron chi connectivity index (χ1n) is 37.6. The topological polar surface area (TPSA) is 51.6 Å². The summed E-state index contributed by atoms with van der Waals surface area (Å²) in [6.45, 7) is 0. The van der Waals surface area contributed by atoms with E-state index in [1.165, 1.54) is 91.6 Å². The van der Waals surface area contributed by atoms with E-state index >= 15 is 0 Å². The van der Waals surface area contributed by atoms with E-state index in [-0.39, 0.29) is 0 Å². The molecule has 16 aromatic carbocycles. The molecule has 0 spiro atoms. The van der Waals surface area contributed by atoms with E-state index in [4.69, 9.17) is 19.9 Å². The van der Waals surface area contributed by atoms with Gasteiger partial charge in [-0.2, -0.15) is 0 Å². The van der Waals surface area contributed by atoms with Crippen LogP contribution < -0.4 is 41.5 Å². The average molecular weight is 1430 g/mol. The standard InChI is InChI=1S/2C52H36N2Si/c1-5-17-37(18-6-1)48-36-49(54-52(53-48)38-19-7-2-8-20-38)43-24-16-23-41(34-43)39-21-15-22-40(33-39)42-31-32-51-47(35-42)46-29-13-14-30-50(46)55(51,44-25-9-3-10-26-44)45-27-11-4-12-28-45;1-5-15-40(16-6-1)48-36-49(41-17-7-2-8-18-41)54-52(53-48)42-31-29-38(30-32-42)37-25-27-39(28-26-37)43-33-34-51-47(35-43)46-23-13-14-24-50(46)55(51,44-19-9-3-10-20-44)45-21-11-4-12-22-45/h2*1-36H. The van der Waals surface area contributed by atoms with Gasteiger partial charge in [0.1, 0.15) is 0 Å². The van der Waals surface area contributed by atoms with Crippen molar-refractivity contribution >= 4 is 57.6 Å². The molecule has 2 aliphatic heterocycles. The lowest BCUT2D eigenvalue weighted by molar-refractivity contribution is 1.18. The molecule has 0 fully saturated rings. The van der Waals surface area contributed by atoms with E-state index in [1.807, 2.05) is 60.7 Å². The highest BCUT2D eigenvalue weighted by Crippen LogP contribution is 2.39. The first-order valence-corrected chi connectivity index (χ1v) is 41.6. The third kappa shape index (κ3) is 12.2. The molecule has 0 amide bonds. The van der Waals surface area contributed by atoms with Crippen LogP contribution >= 0.6 is 0 Å². The van der Waals surface area contributed by atoms with Crippen LogP contribution in [0.25, 0.3) is 135 Å². The summed E-state index contributed by atoms with van der Waals surface area (Å²) >= 11 is 0. The van der Waals surface area contributed by atoms with Gasteiger partial charge in [0.05, 0.1) is 22.8 Å². The van der Waals surface area contributed by atoms with Gasteiger partial charge in [0.25, 0.3) is 0 Å². The summed E-state index contributed by atoms with van der Waals surface area (Å²) in [6, 6.07) is 158. The molecule has 20 rings (SSSR count). The van der Waals surface area contributed by atoms with Crippen LogP contribution in [0.1, 0.15) is 0 Å². The summed E-state index contributed by atoms with van der Waals surface area (Å²) in [5, 5.41) is 11.5. The summed E-state index contributed by atoms with van der Waals surface area (Å²) in [4.78, 5) is 20.1. The monoisotopic (exact) mass is 1430 g/mol. The fraction of sp³-hybridized carbons (Fsp3) is 0. The number of aromatic nitrogens is 4. The maximum Gasteiger partial charge on any atom is 0.180 e. The van der Waals surface area contributed by atoms with Gasteiger partial charge >= 0.3 is 0 Å². The van der Waals surface area contributed by atoms with Crippen molar-refractivity contribution in [3.8, 4) is 135 Å². The molecule has 4 heterocycles. The van der Waals surface area contributed by atoms with Crippen LogP contribution in [-0.4, -0.2) is 36.1 Å². The minimum absolute atomic E-state index is 0.715. The first kappa shape index (κ1) is 66.8. The fourth-order valence-corrected chi connectivity index (χ4v) is 27.1. The molecular weight excluding hydrogens is 1360 g/mol. The Morgan fingerprint density at radius 1 is 0.136 bits per heavy atom. The number of fused-ring (bicyclic) bond motifs is 6. The van der Waals surface area contributed by atoms with E-state index in [0.717, 1.165) is 72.8 Å². The number of nitrogens with zero attached hydrogens (tertiary/aromatic N) is 4. The summed E-state index contributed by atoms with van der Waals surface area (Å²) in [5.74, 6) is 1.43. The fourth-order valence-electron chi connectivity index (χ4n) is 16.8. The molecule has 18 aromatic rings. The minimum Gasteiger partial charge on any atom is -0.228 e. The van der Waals surface area contributed by atoms with E-state index < -0.39 is 16.1 Å². The zero-order valence-electron chi connectivity index (χ0n) is 60.4. The van der Waals surface area contributed by atoms with Gasteiger partial charge in [-0.25, -0.2) is 19.9 Å². The van der Waals surface area contributed by atoms with Crippen molar-refractivity contribution in [3.05, 3.63) is 437 Å². The van der Waals surface area contributed by atoms with Crippen LogP contribution in [-0.2, 0) is 0 Å². The zero-order chi connectivity index (χ0) is 73.2. The van der Waals surface area contributed by atoms with Crippen LogP contribution in [0.2, 0.25) is 0 Å². The van der Waals surface area contributed by atoms with Gasteiger partial charge < -0.3 is 0 Å². The van der Waals surface area contributed by atoms with Crippen LogP contribution in [0.15, 0.2) is 437 Å². The van der Waals surface area contributed by atoms with E-state index in [2.05, 4.69) is 376 Å². The second-order valence-electron chi connectivity index (χ2n) is 28.3. The highest BCUT2D eigenvalue weighted by atomic mass is 28.3. The molecule has 0 aliphatic carbocycles. The number of rotatable bonds is 14. The Morgan fingerprint density at radius 2 is 0.364 bits per heavy atom. The maximum atomic E-state index is 5.10. The Balaban J connectivity index is 0.000000149. The van der Waals surface area contributed by atoms with Gasteiger partial charge in [0, 0.05) is 33.4 Å². The normalized spacial score (nSPS) is 12.5. The maximum absolute atomic E-state index is 5.10.